The van der Waals surface area contributed by atoms with Gasteiger partial charge >= 0.3 is 0 Å². The number of aryl methyl sites for hydroxylation is 3. The van der Waals surface area contributed by atoms with Crippen molar-refractivity contribution in [2.24, 2.45) is 7.05 Å². The number of alkyl halides is 1. The van der Waals surface area contributed by atoms with E-state index in [9.17, 15) is 0 Å². The second kappa shape index (κ2) is 4.59. The Kier molecular flexibility index (Phi) is 3.01. The molecule has 0 aromatic carbocycles. The summed E-state index contributed by atoms with van der Waals surface area (Å²) in [5.41, 5.74) is 4.69. The van der Waals surface area contributed by atoms with E-state index < -0.39 is 0 Å². The number of pyridine rings is 1. The maximum absolute atomic E-state index is 6.30. The third-order valence-corrected chi connectivity index (χ3v) is 3.55. The number of fused-ring (bicyclic) bond motifs is 1. The van der Waals surface area contributed by atoms with Crippen LogP contribution in [0.1, 0.15) is 29.4 Å². The summed E-state index contributed by atoms with van der Waals surface area (Å²) in [6.45, 7) is 5.92. The lowest BCUT2D eigenvalue weighted by Gasteiger charge is -2.08. The molecule has 5 nitrogen and oxygen atoms in total. The van der Waals surface area contributed by atoms with Crippen LogP contribution in [0.15, 0.2) is 18.5 Å². The van der Waals surface area contributed by atoms with Gasteiger partial charge in [0.15, 0.2) is 5.65 Å². The van der Waals surface area contributed by atoms with Crippen LogP contribution in [0.4, 0.5) is 0 Å². The van der Waals surface area contributed by atoms with Crippen molar-refractivity contribution >= 4 is 22.8 Å². The van der Waals surface area contributed by atoms with Crippen LogP contribution in [0.5, 0.6) is 0 Å². The summed E-state index contributed by atoms with van der Waals surface area (Å²) in [6, 6.07) is 1.96. The molecule has 6 heteroatoms. The van der Waals surface area contributed by atoms with E-state index >= 15 is 0 Å². The SMILES string of the molecule is Cc1nn(C)cc1-n1c(C(C)Cl)nc2c(C)ccnc21. The highest BCUT2D eigenvalue weighted by Crippen LogP contribution is 2.29. The smallest absolute Gasteiger partial charge is 0.165 e. The number of hydrogen-bond donors (Lipinski definition) is 0. The van der Waals surface area contributed by atoms with Gasteiger partial charge in [-0.15, -0.1) is 11.6 Å². The predicted molar refractivity (Wildman–Crippen MR) is 79.4 cm³/mol. The molecule has 0 bridgehead atoms. The minimum Gasteiger partial charge on any atom is -0.276 e. The van der Waals surface area contributed by atoms with Crippen LogP contribution in [0.2, 0.25) is 0 Å². The van der Waals surface area contributed by atoms with E-state index in [0.717, 1.165) is 33.9 Å². The molecule has 0 saturated heterocycles. The quantitative estimate of drug-likeness (QED) is 0.681. The van der Waals surface area contributed by atoms with Crippen molar-refractivity contribution in [1.82, 2.24) is 24.3 Å². The molecular formula is C14H16ClN5. The number of halogens is 1. The van der Waals surface area contributed by atoms with Crippen molar-refractivity contribution in [2.75, 3.05) is 0 Å². The van der Waals surface area contributed by atoms with E-state index in [1.54, 1.807) is 10.9 Å². The average Bonchev–Trinajstić information content (AvgIpc) is 2.90. The molecule has 0 aliphatic heterocycles. The van der Waals surface area contributed by atoms with E-state index in [1.165, 1.54) is 0 Å². The Labute approximate surface area is 122 Å². The highest BCUT2D eigenvalue weighted by Gasteiger charge is 2.20. The lowest BCUT2D eigenvalue weighted by Crippen LogP contribution is -2.03. The fourth-order valence-electron chi connectivity index (χ4n) is 2.42. The molecule has 1 atom stereocenters. The molecule has 104 valence electrons. The van der Waals surface area contributed by atoms with Gasteiger partial charge in [-0.1, -0.05) is 0 Å². The second-order valence-corrected chi connectivity index (χ2v) is 5.65. The van der Waals surface area contributed by atoms with Crippen LogP contribution in [0.3, 0.4) is 0 Å². The highest BCUT2D eigenvalue weighted by molar-refractivity contribution is 6.20. The first-order valence-corrected chi connectivity index (χ1v) is 6.91. The van der Waals surface area contributed by atoms with Crippen LogP contribution < -0.4 is 0 Å². The van der Waals surface area contributed by atoms with Crippen molar-refractivity contribution in [3.8, 4) is 5.69 Å². The lowest BCUT2D eigenvalue weighted by molar-refractivity contribution is 0.756. The molecule has 3 aromatic rings. The Morgan fingerprint density at radius 2 is 2.05 bits per heavy atom. The number of aromatic nitrogens is 5. The van der Waals surface area contributed by atoms with Gasteiger partial charge in [0.2, 0.25) is 0 Å². The minimum absolute atomic E-state index is 0.205. The molecule has 0 N–H and O–H groups in total. The predicted octanol–water partition coefficient (Wildman–Crippen LogP) is 3.07. The van der Waals surface area contributed by atoms with E-state index in [0.29, 0.717) is 0 Å². The van der Waals surface area contributed by atoms with Crippen molar-refractivity contribution < 1.29 is 0 Å². The minimum atomic E-state index is -0.205. The number of imidazole rings is 1. The molecule has 3 rings (SSSR count). The van der Waals surface area contributed by atoms with Gasteiger partial charge in [-0.05, 0) is 32.4 Å². The van der Waals surface area contributed by atoms with Crippen LogP contribution in [-0.2, 0) is 7.05 Å². The Morgan fingerprint density at radius 3 is 2.65 bits per heavy atom. The fraction of sp³-hybridized carbons (Fsp3) is 0.357. The topological polar surface area (TPSA) is 48.5 Å². The summed E-state index contributed by atoms with van der Waals surface area (Å²) in [5, 5.41) is 4.19. The molecule has 20 heavy (non-hydrogen) atoms. The Bertz CT molecular complexity index is 784. The largest absolute Gasteiger partial charge is 0.276 e. The molecule has 3 aromatic heterocycles. The first-order valence-electron chi connectivity index (χ1n) is 6.47. The normalized spacial score (nSPS) is 13.1. The number of hydrogen-bond acceptors (Lipinski definition) is 3. The van der Waals surface area contributed by atoms with E-state index in [-0.39, 0.29) is 5.38 Å². The molecule has 1 unspecified atom stereocenters. The van der Waals surface area contributed by atoms with Gasteiger partial charge in [-0.3, -0.25) is 9.25 Å². The molecule has 0 fully saturated rings. The molecule has 0 aliphatic carbocycles. The molecular weight excluding hydrogens is 274 g/mol. The van der Waals surface area contributed by atoms with Gasteiger partial charge in [-0.2, -0.15) is 5.10 Å². The first-order chi connectivity index (χ1) is 9.49. The Balaban J connectivity index is 2.41. The van der Waals surface area contributed by atoms with Crippen molar-refractivity contribution in [3.05, 3.63) is 35.5 Å². The summed E-state index contributed by atoms with van der Waals surface area (Å²) in [4.78, 5) is 9.15. The monoisotopic (exact) mass is 289 g/mol. The zero-order valence-corrected chi connectivity index (χ0v) is 12.7. The van der Waals surface area contributed by atoms with Gasteiger partial charge in [-0.25, -0.2) is 9.97 Å². The average molecular weight is 290 g/mol. The first kappa shape index (κ1) is 13.1. The molecule has 0 amide bonds. The fourth-order valence-corrected chi connectivity index (χ4v) is 2.57. The summed E-state index contributed by atoms with van der Waals surface area (Å²) >= 11 is 6.30. The van der Waals surface area contributed by atoms with Gasteiger partial charge < -0.3 is 0 Å². The van der Waals surface area contributed by atoms with Crippen molar-refractivity contribution in [2.45, 2.75) is 26.1 Å². The molecule has 3 heterocycles. The Hall–Kier alpha value is -1.88. The van der Waals surface area contributed by atoms with Crippen LogP contribution in [0.25, 0.3) is 16.9 Å². The summed E-state index contributed by atoms with van der Waals surface area (Å²) in [6.07, 6.45) is 3.76. The maximum Gasteiger partial charge on any atom is 0.165 e. The number of rotatable bonds is 2. The van der Waals surface area contributed by atoms with Crippen LogP contribution in [-0.4, -0.2) is 24.3 Å². The Morgan fingerprint density at radius 1 is 1.30 bits per heavy atom. The zero-order chi connectivity index (χ0) is 14.4. The molecule has 0 radical (unpaired) electrons. The van der Waals surface area contributed by atoms with Gasteiger partial charge in [0.05, 0.1) is 16.8 Å². The molecule has 0 aliphatic rings. The van der Waals surface area contributed by atoms with Gasteiger partial charge in [0.1, 0.15) is 11.3 Å². The third-order valence-electron chi connectivity index (χ3n) is 3.36. The van der Waals surface area contributed by atoms with E-state index in [4.69, 9.17) is 11.6 Å². The van der Waals surface area contributed by atoms with Gasteiger partial charge in [0.25, 0.3) is 0 Å². The summed E-state index contributed by atoms with van der Waals surface area (Å²) in [7, 11) is 1.90. The maximum atomic E-state index is 6.30. The summed E-state index contributed by atoms with van der Waals surface area (Å²) in [5.74, 6) is 0.791. The zero-order valence-electron chi connectivity index (χ0n) is 11.9. The van der Waals surface area contributed by atoms with E-state index in [2.05, 4.69) is 15.1 Å². The number of nitrogens with zero attached hydrogens (tertiary/aromatic N) is 5. The molecule has 0 spiro atoms. The van der Waals surface area contributed by atoms with Crippen LogP contribution in [0, 0.1) is 13.8 Å². The lowest BCUT2D eigenvalue weighted by atomic mass is 10.3. The third kappa shape index (κ3) is 1.89. The molecule has 0 saturated carbocycles. The van der Waals surface area contributed by atoms with E-state index in [1.807, 2.05) is 44.6 Å². The van der Waals surface area contributed by atoms with Crippen LogP contribution >= 0.6 is 11.6 Å². The standard InChI is InChI=1S/C14H16ClN5/c1-8-5-6-16-14-12(8)17-13(9(2)15)20(14)11-7-19(4)18-10(11)3/h5-7,9H,1-4H3. The van der Waals surface area contributed by atoms with Crippen molar-refractivity contribution in [1.29, 1.82) is 0 Å². The second-order valence-electron chi connectivity index (χ2n) is 4.99. The summed E-state index contributed by atoms with van der Waals surface area (Å²) < 4.78 is 3.79. The van der Waals surface area contributed by atoms with Gasteiger partial charge in [0, 0.05) is 19.4 Å². The highest BCUT2D eigenvalue weighted by atomic mass is 35.5. The van der Waals surface area contributed by atoms with Crippen molar-refractivity contribution in [3.63, 3.8) is 0 Å².